The summed E-state index contributed by atoms with van der Waals surface area (Å²) in [7, 11) is 0. The van der Waals surface area contributed by atoms with Crippen molar-refractivity contribution in [1.29, 1.82) is 0 Å². The van der Waals surface area contributed by atoms with Crippen LogP contribution in [0.15, 0.2) is 24.3 Å². The molecule has 1 amide bonds. The minimum Gasteiger partial charge on any atom is -0.376 e. The van der Waals surface area contributed by atoms with Crippen LogP contribution in [0.4, 0.5) is 5.69 Å². The van der Waals surface area contributed by atoms with Gasteiger partial charge in [-0.25, -0.2) is 0 Å². The van der Waals surface area contributed by atoms with Gasteiger partial charge in [0.25, 0.3) is 0 Å². The van der Waals surface area contributed by atoms with Crippen LogP contribution in [0.3, 0.4) is 0 Å². The molecule has 0 aliphatic carbocycles. The molecule has 1 aromatic carbocycles. The molecule has 0 bridgehead atoms. The molecule has 1 aromatic rings. The minimum absolute atomic E-state index is 0.0481. The van der Waals surface area contributed by atoms with Crippen LogP contribution in [-0.4, -0.2) is 19.0 Å². The van der Waals surface area contributed by atoms with Gasteiger partial charge in [0.15, 0.2) is 0 Å². The van der Waals surface area contributed by atoms with Crippen molar-refractivity contribution in [2.45, 2.75) is 39.5 Å². The van der Waals surface area contributed by atoms with E-state index in [1.807, 2.05) is 19.1 Å². The molecule has 0 saturated heterocycles. The molecule has 0 heterocycles. The smallest absolute Gasteiger partial charge is 0.239 e. The van der Waals surface area contributed by atoms with Crippen LogP contribution in [0.2, 0.25) is 0 Å². The van der Waals surface area contributed by atoms with E-state index in [1.54, 1.807) is 0 Å². The molecule has 2 N–H and O–H groups in total. The first-order chi connectivity index (χ1) is 8.76. The highest BCUT2D eigenvalue weighted by Gasteiger charge is 1.99. The summed E-state index contributed by atoms with van der Waals surface area (Å²) >= 11 is 0. The van der Waals surface area contributed by atoms with Gasteiger partial charge >= 0.3 is 0 Å². The van der Waals surface area contributed by atoms with Gasteiger partial charge in [0.2, 0.25) is 5.91 Å². The highest BCUT2D eigenvalue weighted by atomic mass is 16.1. The van der Waals surface area contributed by atoms with E-state index in [0.717, 1.165) is 25.1 Å². The third kappa shape index (κ3) is 5.71. The summed E-state index contributed by atoms with van der Waals surface area (Å²) in [6, 6.07) is 8.33. The maximum absolute atomic E-state index is 11.4. The lowest BCUT2D eigenvalue weighted by molar-refractivity contribution is -0.119. The van der Waals surface area contributed by atoms with Gasteiger partial charge in [-0.05, 0) is 37.0 Å². The van der Waals surface area contributed by atoms with E-state index >= 15 is 0 Å². The first-order valence-electron chi connectivity index (χ1n) is 6.85. The number of hydrogen-bond acceptors (Lipinski definition) is 2. The van der Waals surface area contributed by atoms with Crippen molar-refractivity contribution in [3.8, 4) is 0 Å². The zero-order valence-electron chi connectivity index (χ0n) is 11.5. The SMILES string of the molecule is CCCCc1ccc(NCC(=O)NCCC)cc1. The molecule has 0 spiro atoms. The van der Waals surface area contributed by atoms with Gasteiger partial charge in [0.05, 0.1) is 6.54 Å². The van der Waals surface area contributed by atoms with Gasteiger partial charge in [-0.2, -0.15) is 0 Å². The van der Waals surface area contributed by atoms with Crippen LogP contribution in [0.1, 0.15) is 38.7 Å². The van der Waals surface area contributed by atoms with Gasteiger partial charge in [-0.15, -0.1) is 0 Å². The fraction of sp³-hybridized carbons (Fsp3) is 0.533. The van der Waals surface area contributed by atoms with Crippen LogP contribution in [0, 0.1) is 0 Å². The Labute approximate surface area is 110 Å². The second-order valence-corrected chi connectivity index (χ2v) is 4.50. The Morgan fingerprint density at radius 3 is 2.44 bits per heavy atom. The summed E-state index contributed by atoms with van der Waals surface area (Å²) in [6.07, 6.45) is 4.55. The molecule has 100 valence electrons. The van der Waals surface area contributed by atoms with Crippen molar-refractivity contribution in [2.24, 2.45) is 0 Å². The van der Waals surface area contributed by atoms with Crippen LogP contribution < -0.4 is 10.6 Å². The number of rotatable bonds is 8. The van der Waals surface area contributed by atoms with Crippen LogP contribution in [0.5, 0.6) is 0 Å². The molecule has 0 aliphatic rings. The van der Waals surface area contributed by atoms with Crippen molar-refractivity contribution in [1.82, 2.24) is 5.32 Å². The van der Waals surface area contributed by atoms with E-state index < -0.39 is 0 Å². The van der Waals surface area contributed by atoms with Crippen molar-refractivity contribution >= 4 is 11.6 Å². The maximum atomic E-state index is 11.4. The van der Waals surface area contributed by atoms with E-state index in [9.17, 15) is 4.79 Å². The summed E-state index contributed by atoms with van der Waals surface area (Å²) in [5.74, 6) is 0.0481. The van der Waals surface area contributed by atoms with E-state index in [4.69, 9.17) is 0 Å². The predicted molar refractivity (Wildman–Crippen MR) is 76.8 cm³/mol. The first kappa shape index (κ1) is 14.6. The summed E-state index contributed by atoms with van der Waals surface area (Å²) in [5.41, 5.74) is 2.36. The van der Waals surface area contributed by atoms with Gasteiger partial charge in [0, 0.05) is 12.2 Å². The molecule has 18 heavy (non-hydrogen) atoms. The average Bonchev–Trinajstić information content (AvgIpc) is 2.41. The van der Waals surface area contributed by atoms with Crippen LogP contribution in [0.25, 0.3) is 0 Å². The van der Waals surface area contributed by atoms with Gasteiger partial charge in [-0.1, -0.05) is 32.4 Å². The van der Waals surface area contributed by atoms with Crippen molar-refractivity contribution < 1.29 is 4.79 Å². The molecule has 0 saturated carbocycles. The Balaban J connectivity index is 2.32. The third-order valence-electron chi connectivity index (χ3n) is 2.80. The molecule has 0 unspecified atom stereocenters. The number of nitrogens with one attached hydrogen (secondary N) is 2. The van der Waals surface area contributed by atoms with Crippen LogP contribution in [-0.2, 0) is 11.2 Å². The van der Waals surface area contributed by atoms with Gasteiger partial charge in [-0.3, -0.25) is 4.79 Å². The second-order valence-electron chi connectivity index (χ2n) is 4.50. The summed E-state index contributed by atoms with van der Waals surface area (Å²) in [5, 5.41) is 5.97. The predicted octanol–water partition coefficient (Wildman–Crippen LogP) is 2.97. The zero-order chi connectivity index (χ0) is 13.2. The van der Waals surface area contributed by atoms with Gasteiger partial charge in [0.1, 0.15) is 0 Å². The van der Waals surface area contributed by atoms with E-state index in [1.165, 1.54) is 18.4 Å². The number of carbonyl (C=O) groups excluding carboxylic acids is 1. The molecular formula is C15H24N2O. The maximum Gasteiger partial charge on any atom is 0.239 e. The second kappa shape index (κ2) is 8.56. The lowest BCUT2D eigenvalue weighted by Crippen LogP contribution is -2.30. The number of unbranched alkanes of at least 4 members (excludes halogenated alkanes) is 1. The highest BCUT2D eigenvalue weighted by molar-refractivity contribution is 5.80. The van der Waals surface area contributed by atoms with E-state index in [2.05, 4.69) is 29.7 Å². The normalized spacial score (nSPS) is 10.1. The van der Waals surface area contributed by atoms with Crippen molar-refractivity contribution in [3.63, 3.8) is 0 Å². The number of aryl methyl sites for hydroxylation is 1. The molecule has 3 heteroatoms. The molecule has 0 atom stereocenters. The Kier molecular flexibility index (Phi) is 6.92. The third-order valence-corrected chi connectivity index (χ3v) is 2.80. The molecule has 0 fully saturated rings. The van der Waals surface area contributed by atoms with E-state index in [0.29, 0.717) is 6.54 Å². The van der Waals surface area contributed by atoms with Crippen molar-refractivity contribution in [2.75, 3.05) is 18.4 Å². The minimum atomic E-state index is 0.0481. The molecule has 3 nitrogen and oxygen atoms in total. The first-order valence-corrected chi connectivity index (χ1v) is 6.85. The van der Waals surface area contributed by atoms with Gasteiger partial charge < -0.3 is 10.6 Å². The average molecular weight is 248 g/mol. The number of anilines is 1. The zero-order valence-corrected chi connectivity index (χ0v) is 11.5. The standard InChI is InChI=1S/C15H24N2O/c1-3-5-6-13-7-9-14(10-8-13)17-12-15(18)16-11-4-2/h7-10,17H,3-6,11-12H2,1-2H3,(H,16,18). The number of carbonyl (C=O) groups is 1. The molecular weight excluding hydrogens is 224 g/mol. The Morgan fingerprint density at radius 1 is 1.11 bits per heavy atom. The summed E-state index contributed by atoms with van der Waals surface area (Å²) in [6.45, 7) is 5.33. The Bertz CT molecular complexity index is 346. The fourth-order valence-electron chi connectivity index (χ4n) is 1.68. The number of benzene rings is 1. The molecule has 0 radical (unpaired) electrons. The molecule has 0 aromatic heterocycles. The Morgan fingerprint density at radius 2 is 1.83 bits per heavy atom. The number of amides is 1. The Hall–Kier alpha value is -1.51. The largest absolute Gasteiger partial charge is 0.376 e. The topological polar surface area (TPSA) is 41.1 Å². The summed E-state index contributed by atoms with van der Waals surface area (Å²) in [4.78, 5) is 11.4. The monoisotopic (exact) mass is 248 g/mol. The fourth-order valence-corrected chi connectivity index (χ4v) is 1.68. The lowest BCUT2D eigenvalue weighted by atomic mass is 10.1. The summed E-state index contributed by atoms with van der Waals surface area (Å²) < 4.78 is 0. The van der Waals surface area contributed by atoms with Crippen molar-refractivity contribution in [3.05, 3.63) is 29.8 Å². The highest BCUT2D eigenvalue weighted by Crippen LogP contribution is 2.11. The lowest BCUT2D eigenvalue weighted by Gasteiger charge is -2.08. The van der Waals surface area contributed by atoms with Crippen LogP contribution >= 0.6 is 0 Å². The quantitative estimate of drug-likeness (QED) is 0.742. The molecule has 0 aliphatic heterocycles. The van der Waals surface area contributed by atoms with E-state index in [-0.39, 0.29) is 5.91 Å². The molecule has 1 rings (SSSR count). The number of hydrogen-bond donors (Lipinski definition) is 2.